The monoisotopic (exact) mass is 234 g/mol. The van der Waals surface area contributed by atoms with Gasteiger partial charge >= 0.3 is 0 Å². The van der Waals surface area contributed by atoms with Crippen LogP contribution < -0.4 is 5.73 Å². The maximum absolute atomic E-state index is 13.7. The molecule has 0 radical (unpaired) electrons. The van der Waals surface area contributed by atoms with Gasteiger partial charge in [0.15, 0.2) is 5.82 Å². The van der Waals surface area contributed by atoms with Crippen molar-refractivity contribution in [2.45, 2.75) is 26.3 Å². The zero-order chi connectivity index (χ0) is 12.4. The molecule has 0 spiro atoms. The number of hydrogen-bond acceptors (Lipinski definition) is 3. The van der Waals surface area contributed by atoms with Crippen molar-refractivity contribution in [1.29, 1.82) is 0 Å². The standard InChI is InChI=1S/C12H15FN4/c1-8(2)12-15-11(7-14)17(16-12)10-6-4-3-5-9(10)13/h3-6,8H,7,14H2,1-2H3. The predicted octanol–water partition coefficient (Wildman–Crippen LogP) is 1.99. The fraction of sp³-hybridized carbons (Fsp3) is 0.333. The van der Waals surface area contributed by atoms with E-state index in [1.807, 2.05) is 13.8 Å². The van der Waals surface area contributed by atoms with Crippen LogP contribution in [0, 0.1) is 5.82 Å². The number of para-hydroxylation sites is 1. The first kappa shape index (κ1) is 11.7. The Kier molecular flexibility index (Phi) is 3.19. The molecule has 4 nitrogen and oxygen atoms in total. The van der Waals surface area contributed by atoms with Crippen LogP contribution in [0.3, 0.4) is 0 Å². The van der Waals surface area contributed by atoms with Gasteiger partial charge in [-0.1, -0.05) is 26.0 Å². The Hall–Kier alpha value is -1.75. The highest BCUT2D eigenvalue weighted by molar-refractivity contribution is 5.33. The van der Waals surface area contributed by atoms with Gasteiger partial charge in [0.1, 0.15) is 17.3 Å². The largest absolute Gasteiger partial charge is 0.324 e. The molecule has 0 aliphatic rings. The van der Waals surface area contributed by atoms with Gasteiger partial charge in [-0.15, -0.1) is 0 Å². The lowest BCUT2D eigenvalue weighted by Gasteiger charge is -2.04. The number of benzene rings is 1. The number of halogens is 1. The van der Waals surface area contributed by atoms with Crippen molar-refractivity contribution in [1.82, 2.24) is 14.8 Å². The summed E-state index contributed by atoms with van der Waals surface area (Å²) in [6.07, 6.45) is 0. The van der Waals surface area contributed by atoms with Crippen LogP contribution in [0.5, 0.6) is 0 Å². The molecule has 1 heterocycles. The van der Waals surface area contributed by atoms with Crippen LogP contribution in [-0.2, 0) is 6.54 Å². The molecule has 90 valence electrons. The molecular formula is C12H15FN4. The van der Waals surface area contributed by atoms with Crippen LogP contribution in [0.15, 0.2) is 24.3 Å². The van der Waals surface area contributed by atoms with Crippen molar-refractivity contribution in [3.8, 4) is 5.69 Å². The van der Waals surface area contributed by atoms with Crippen molar-refractivity contribution in [2.75, 3.05) is 0 Å². The van der Waals surface area contributed by atoms with Gasteiger partial charge in [0, 0.05) is 5.92 Å². The van der Waals surface area contributed by atoms with Gasteiger partial charge in [0.25, 0.3) is 0 Å². The molecule has 0 aliphatic heterocycles. The average molecular weight is 234 g/mol. The van der Waals surface area contributed by atoms with E-state index in [9.17, 15) is 4.39 Å². The molecule has 0 fully saturated rings. The Morgan fingerprint density at radius 2 is 2.06 bits per heavy atom. The smallest absolute Gasteiger partial charge is 0.153 e. The summed E-state index contributed by atoms with van der Waals surface area (Å²) in [7, 11) is 0. The van der Waals surface area contributed by atoms with Crippen LogP contribution >= 0.6 is 0 Å². The van der Waals surface area contributed by atoms with E-state index in [2.05, 4.69) is 10.1 Å². The minimum absolute atomic E-state index is 0.188. The molecule has 0 unspecified atom stereocenters. The minimum atomic E-state index is -0.331. The van der Waals surface area contributed by atoms with E-state index < -0.39 is 0 Å². The predicted molar refractivity (Wildman–Crippen MR) is 63.3 cm³/mol. The van der Waals surface area contributed by atoms with E-state index >= 15 is 0 Å². The van der Waals surface area contributed by atoms with Gasteiger partial charge in [-0.3, -0.25) is 0 Å². The molecule has 1 aromatic heterocycles. The van der Waals surface area contributed by atoms with Crippen LogP contribution in [0.4, 0.5) is 4.39 Å². The first-order valence-corrected chi connectivity index (χ1v) is 5.54. The highest BCUT2D eigenvalue weighted by Crippen LogP contribution is 2.16. The third-order valence-electron chi connectivity index (χ3n) is 2.47. The van der Waals surface area contributed by atoms with Crippen LogP contribution in [0.1, 0.15) is 31.4 Å². The van der Waals surface area contributed by atoms with E-state index in [0.29, 0.717) is 17.3 Å². The minimum Gasteiger partial charge on any atom is -0.324 e. The third kappa shape index (κ3) is 2.19. The zero-order valence-electron chi connectivity index (χ0n) is 9.89. The van der Waals surface area contributed by atoms with Crippen LogP contribution in [0.2, 0.25) is 0 Å². The highest BCUT2D eigenvalue weighted by atomic mass is 19.1. The van der Waals surface area contributed by atoms with E-state index in [4.69, 9.17) is 5.73 Å². The Balaban J connectivity index is 2.55. The second-order valence-corrected chi connectivity index (χ2v) is 4.11. The average Bonchev–Trinajstić information content (AvgIpc) is 2.73. The molecule has 0 aliphatic carbocycles. The van der Waals surface area contributed by atoms with Crippen molar-refractivity contribution in [3.05, 3.63) is 41.7 Å². The van der Waals surface area contributed by atoms with Gasteiger partial charge in [0.05, 0.1) is 6.54 Å². The summed E-state index contributed by atoms with van der Waals surface area (Å²) in [5.74, 6) is 1.10. The van der Waals surface area contributed by atoms with Gasteiger partial charge in [0.2, 0.25) is 0 Å². The first-order valence-electron chi connectivity index (χ1n) is 5.54. The summed E-state index contributed by atoms with van der Waals surface area (Å²) in [6, 6.07) is 6.45. The number of nitrogens with zero attached hydrogens (tertiary/aromatic N) is 3. The lowest BCUT2D eigenvalue weighted by Crippen LogP contribution is -2.09. The fourth-order valence-corrected chi connectivity index (χ4v) is 1.56. The maximum Gasteiger partial charge on any atom is 0.153 e. The van der Waals surface area contributed by atoms with E-state index in [1.54, 1.807) is 18.2 Å². The van der Waals surface area contributed by atoms with Gasteiger partial charge in [-0.25, -0.2) is 14.1 Å². The molecule has 0 saturated carbocycles. The summed E-state index contributed by atoms with van der Waals surface area (Å²) < 4.78 is 15.1. The SMILES string of the molecule is CC(C)c1nc(CN)n(-c2ccccc2F)n1. The summed E-state index contributed by atoms with van der Waals surface area (Å²) >= 11 is 0. The van der Waals surface area contributed by atoms with E-state index in [1.165, 1.54) is 10.7 Å². The molecule has 0 atom stereocenters. The quantitative estimate of drug-likeness (QED) is 0.883. The molecule has 2 rings (SSSR count). The summed E-state index contributed by atoms with van der Waals surface area (Å²) in [5, 5.41) is 4.30. The number of hydrogen-bond donors (Lipinski definition) is 1. The van der Waals surface area contributed by atoms with Gasteiger partial charge in [-0.2, -0.15) is 5.10 Å². The van der Waals surface area contributed by atoms with Gasteiger partial charge < -0.3 is 5.73 Å². The Morgan fingerprint density at radius 3 is 2.65 bits per heavy atom. The lowest BCUT2D eigenvalue weighted by atomic mass is 10.2. The first-order chi connectivity index (χ1) is 8.13. The maximum atomic E-state index is 13.7. The topological polar surface area (TPSA) is 56.7 Å². The number of rotatable bonds is 3. The second-order valence-electron chi connectivity index (χ2n) is 4.11. The van der Waals surface area contributed by atoms with Gasteiger partial charge in [-0.05, 0) is 12.1 Å². The molecule has 0 amide bonds. The second kappa shape index (κ2) is 4.63. The Labute approximate surface area is 99.3 Å². The van der Waals surface area contributed by atoms with Crippen molar-refractivity contribution in [2.24, 2.45) is 5.73 Å². The number of nitrogens with two attached hydrogens (primary N) is 1. The fourth-order valence-electron chi connectivity index (χ4n) is 1.56. The lowest BCUT2D eigenvalue weighted by molar-refractivity contribution is 0.603. The van der Waals surface area contributed by atoms with Crippen molar-refractivity contribution >= 4 is 0 Å². The Morgan fingerprint density at radius 1 is 1.35 bits per heavy atom. The third-order valence-corrected chi connectivity index (χ3v) is 2.47. The number of aromatic nitrogens is 3. The summed E-state index contributed by atoms with van der Waals surface area (Å²) in [4.78, 5) is 4.31. The zero-order valence-corrected chi connectivity index (χ0v) is 9.89. The molecule has 0 bridgehead atoms. The molecule has 17 heavy (non-hydrogen) atoms. The van der Waals surface area contributed by atoms with Crippen molar-refractivity contribution in [3.63, 3.8) is 0 Å². The molecule has 5 heteroatoms. The Bertz CT molecular complexity index is 519. The van der Waals surface area contributed by atoms with E-state index in [-0.39, 0.29) is 18.3 Å². The van der Waals surface area contributed by atoms with Crippen LogP contribution in [0.25, 0.3) is 5.69 Å². The van der Waals surface area contributed by atoms with Crippen LogP contribution in [-0.4, -0.2) is 14.8 Å². The highest BCUT2D eigenvalue weighted by Gasteiger charge is 2.14. The molecule has 2 N–H and O–H groups in total. The molecular weight excluding hydrogens is 219 g/mol. The van der Waals surface area contributed by atoms with E-state index in [0.717, 1.165) is 0 Å². The molecule has 2 aromatic rings. The molecule has 1 aromatic carbocycles. The summed E-state index contributed by atoms with van der Waals surface area (Å²) in [5.41, 5.74) is 5.99. The normalized spacial score (nSPS) is 11.1. The summed E-state index contributed by atoms with van der Waals surface area (Å²) in [6.45, 7) is 4.21. The molecule has 0 saturated heterocycles. The van der Waals surface area contributed by atoms with Crippen molar-refractivity contribution < 1.29 is 4.39 Å².